The lowest BCUT2D eigenvalue weighted by Gasteiger charge is -2.28. The highest BCUT2D eigenvalue weighted by molar-refractivity contribution is 6.29. The fourth-order valence-electron chi connectivity index (χ4n) is 3.23. The van der Waals surface area contributed by atoms with Gasteiger partial charge in [-0.05, 0) is 25.1 Å². The van der Waals surface area contributed by atoms with E-state index in [9.17, 15) is 13.6 Å². The van der Waals surface area contributed by atoms with Crippen molar-refractivity contribution in [2.45, 2.75) is 12.3 Å². The second-order valence-corrected chi connectivity index (χ2v) is 7.73. The highest BCUT2D eigenvalue weighted by Gasteiger charge is 2.33. The largest absolute Gasteiger partial charge is 0.355 e. The molecule has 0 radical (unpaired) electrons. The van der Waals surface area contributed by atoms with Crippen LogP contribution >= 0.6 is 11.6 Å². The van der Waals surface area contributed by atoms with Crippen LogP contribution in [-0.4, -0.2) is 37.4 Å². The zero-order chi connectivity index (χ0) is 22.9. The molecule has 4 aromatic rings. The van der Waals surface area contributed by atoms with Crippen LogP contribution in [0.1, 0.15) is 28.7 Å². The zero-order valence-corrected chi connectivity index (χ0v) is 17.8. The topological polar surface area (TPSA) is 98.7 Å². The number of aromatic nitrogens is 5. The Balaban J connectivity index is 1.58. The minimum absolute atomic E-state index is 0.00486. The number of halogens is 3. The molecule has 0 aliphatic rings. The summed E-state index contributed by atoms with van der Waals surface area (Å²) in [5, 5.41) is 11.0. The first kappa shape index (κ1) is 21.6. The Morgan fingerprint density at radius 1 is 1.25 bits per heavy atom. The van der Waals surface area contributed by atoms with Gasteiger partial charge in [0, 0.05) is 37.5 Å². The Labute approximate surface area is 186 Å². The molecule has 0 aliphatic carbocycles. The molecular weight excluding hydrogens is 442 g/mol. The molecular formula is C21H17ClF2N6O2. The van der Waals surface area contributed by atoms with Gasteiger partial charge in [0.2, 0.25) is 0 Å². The zero-order valence-electron chi connectivity index (χ0n) is 17.0. The number of carbonyl (C=O) groups excluding carboxylic acids is 1. The van der Waals surface area contributed by atoms with Crippen LogP contribution in [0.4, 0.5) is 8.78 Å². The van der Waals surface area contributed by atoms with E-state index in [2.05, 4.69) is 25.5 Å². The minimum Gasteiger partial charge on any atom is -0.355 e. The van der Waals surface area contributed by atoms with E-state index in [1.807, 2.05) is 13.1 Å². The minimum atomic E-state index is -0.821. The summed E-state index contributed by atoms with van der Waals surface area (Å²) in [4.78, 5) is 21.0. The van der Waals surface area contributed by atoms with E-state index in [4.69, 9.17) is 16.1 Å². The normalized spacial score (nSPS) is 13.0. The van der Waals surface area contributed by atoms with Crippen molar-refractivity contribution in [1.82, 2.24) is 30.2 Å². The van der Waals surface area contributed by atoms with Gasteiger partial charge in [-0.1, -0.05) is 16.8 Å². The molecule has 3 aromatic heterocycles. The first-order valence-electron chi connectivity index (χ1n) is 9.44. The van der Waals surface area contributed by atoms with Crippen LogP contribution in [0.15, 0.2) is 53.6 Å². The van der Waals surface area contributed by atoms with E-state index in [1.54, 1.807) is 24.0 Å². The summed E-state index contributed by atoms with van der Waals surface area (Å²) >= 11 is 6.05. The van der Waals surface area contributed by atoms with Gasteiger partial charge in [-0.3, -0.25) is 9.48 Å². The van der Waals surface area contributed by atoms with Crippen LogP contribution in [0, 0.1) is 11.6 Å². The van der Waals surface area contributed by atoms with E-state index in [0.29, 0.717) is 5.69 Å². The fraction of sp³-hybridized carbons (Fsp3) is 0.190. The van der Waals surface area contributed by atoms with Gasteiger partial charge in [0.15, 0.2) is 11.5 Å². The predicted molar refractivity (Wildman–Crippen MR) is 111 cm³/mol. The van der Waals surface area contributed by atoms with E-state index in [1.165, 1.54) is 18.5 Å². The van der Waals surface area contributed by atoms with Gasteiger partial charge in [-0.15, -0.1) is 0 Å². The van der Waals surface area contributed by atoms with Crippen LogP contribution < -0.4 is 5.32 Å². The Morgan fingerprint density at radius 3 is 2.75 bits per heavy atom. The van der Waals surface area contributed by atoms with Crippen molar-refractivity contribution in [3.05, 3.63) is 82.8 Å². The monoisotopic (exact) mass is 458 g/mol. The Hall–Kier alpha value is -3.66. The van der Waals surface area contributed by atoms with Crippen LogP contribution in [-0.2, 0) is 12.5 Å². The van der Waals surface area contributed by atoms with Crippen molar-refractivity contribution >= 4 is 17.5 Å². The van der Waals surface area contributed by atoms with Crippen LogP contribution in [0.2, 0.25) is 5.15 Å². The van der Waals surface area contributed by atoms with Gasteiger partial charge in [0.05, 0.1) is 22.9 Å². The number of hydrogen-bond acceptors (Lipinski definition) is 6. The summed E-state index contributed by atoms with van der Waals surface area (Å²) in [6.07, 6.45) is 4.83. The molecule has 0 saturated heterocycles. The molecule has 1 N–H and O–H groups in total. The van der Waals surface area contributed by atoms with Crippen molar-refractivity contribution in [2.75, 3.05) is 6.54 Å². The van der Waals surface area contributed by atoms with Gasteiger partial charge in [0.1, 0.15) is 23.1 Å². The first-order chi connectivity index (χ1) is 15.3. The molecule has 0 saturated carbocycles. The van der Waals surface area contributed by atoms with Crippen molar-refractivity contribution in [2.24, 2.45) is 7.05 Å². The Bertz CT molecular complexity index is 1290. The lowest BCUT2D eigenvalue weighted by molar-refractivity contribution is 0.0938. The molecule has 1 amide bonds. The molecule has 32 heavy (non-hydrogen) atoms. The lowest BCUT2D eigenvalue weighted by Crippen LogP contribution is -2.40. The van der Waals surface area contributed by atoms with Crippen LogP contribution in [0.3, 0.4) is 0 Å². The molecule has 8 nitrogen and oxygen atoms in total. The Morgan fingerprint density at radius 2 is 2.06 bits per heavy atom. The quantitative estimate of drug-likeness (QED) is 0.444. The molecule has 1 aromatic carbocycles. The number of nitrogens with zero attached hydrogens (tertiary/aromatic N) is 5. The SMILES string of the molecule is Cn1cc(C(C)(CNC(=O)c2cc(-c3ccc(F)cc3F)on2)c2cc(Cl)ncn2)cn1. The number of carbonyl (C=O) groups is 1. The third kappa shape index (κ3) is 4.22. The van der Waals surface area contributed by atoms with Crippen molar-refractivity contribution in [1.29, 1.82) is 0 Å². The molecule has 0 bridgehead atoms. The van der Waals surface area contributed by atoms with E-state index in [-0.39, 0.29) is 28.7 Å². The molecule has 0 fully saturated rings. The van der Waals surface area contributed by atoms with Gasteiger partial charge < -0.3 is 9.84 Å². The molecule has 0 aliphatic heterocycles. The summed E-state index contributed by atoms with van der Waals surface area (Å²) in [5.41, 5.74) is 0.530. The second kappa shape index (κ2) is 8.46. The van der Waals surface area contributed by atoms with Gasteiger partial charge in [0.25, 0.3) is 5.91 Å². The maximum absolute atomic E-state index is 14.0. The number of rotatable bonds is 6. The third-order valence-electron chi connectivity index (χ3n) is 5.08. The number of aryl methyl sites for hydroxylation is 1. The first-order valence-corrected chi connectivity index (χ1v) is 9.81. The van der Waals surface area contributed by atoms with Crippen LogP contribution in [0.25, 0.3) is 11.3 Å². The summed E-state index contributed by atoms with van der Waals surface area (Å²) in [6, 6.07) is 5.93. The van der Waals surface area contributed by atoms with Gasteiger partial charge in [-0.25, -0.2) is 18.7 Å². The predicted octanol–water partition coefficient (Wildman–Crippen LogP) is 3.53. The standard InChI is InChI=1S/C21H17ClF2N6O2/c1-21(12-8-28-30(2)9-12,18-7-19(22)27-11-26-18)10-25-20(31)16-6-17(32-29-16)14-4-3-13(23)5-15(14)24/h3-9,11H,10H2,1-2H3,(H,25,31). The lowest BCUT2D eigenvalue weighted by atomic mass is 9.80. The molecule has 4 rings (SSSR count). The maximum Gasteiger partial charge on any atom is 0.273 e. The van der Waals surface area contributed by atoms with Crippen molar-refractivity contribution < 1.29 is 18.1 Å². The molecule has 164 valence electrons. The van der Waals surface area contributed by atoms with E-state index in [0.717, 1.165) is 17.7 Å². The average Bonchev–Trinajstić information content (AvgIpc) is 3.41. The number of benzene rings is 1. The molecule has 1 atom stereocenters. The Kier molecular flexibility index (Phi) is 5.70. The number of hydrogen-bond donors (Lipinski definition) is 1. The summed E-state index contributed by atoms with van der Waals surface area (Å²) in [6.45, 7) is 2.00. The summed E-state index contributed by atoms with van der Waals surface area (Å²) < 4.78 is 33.9. The van der Waals surface area contributed by atoms with Crippen molar-refractivity contribution in [3.8, 4) is 11.3 Å². The molecule has 3 heterocycles. The molecule has 1 unspecified atom stereocenters. The van der Waals surface area contributed by atoms with Gasteiger partial charge >= 0.3 is 0 Å². The van der Waals surface area contributed by atoms with Crippen LogP contribution in [0.5, 0.6) is 0 Å². The third-order valence-corrected chi connectivity index (χ3v) is 5.29. The maximum atomic E-state index is 14.0. The van der Waals surface area contributed by atoms with Crippen molar-refractivity contribution in [3.63, 3.8) is 0 Å². The number of nitrogens with one attached hydrogen (secondary N) is 1. The second-order valence-electron chi connectivity index (χ2n) is 7.34. The average molecular weight is 459 g/mol. The fourth-order valence-corrected chi connectivity index (χ4v) is 3.38. The highest BCUT2D eigenvalue weighted by atomic mass is 35.5. The smallest absolute Gasteiger partial charge is 0.273 e. The summed E-state index contributed by atoms with van der Waals surface area (Å²) in [7, 11) is 1.78. The van der Waals surface area contributed by atoms with E-state index < -0.39 is 23.0 Å². The van der Waals surface area contributed by atoms with Gasteiger partial charge in [-0.2, -0.15) is 5.10 Å². The van der Waals surface area contributed by atoms with E-state index >= 15 is 0 Å². The molecule has 0 spiro atoms. The molecule has 11 heteroatoms. The number of amides is 1. The summed E-state index contributed by atoms with van der Waals surface area (Å²) in [5.74, 6) is -2.08. The highest BCUT2D eigenvalue weighted by Crippen LogP contribution is 2.31.